The van der Waals surface area contributed by atoms with Crippen LogP contribution < -0.4 is 16.0 Å². The summed E-state index contributed by atoms with van der Waals surface area (Å²) in [6.45, 7) is 7.09. The zero-order valence-corrected chi connectivity index (χ0v) is 20.6. The Morgan fingerprint density at radius 1 is 1.40 bits per heavy atom. The number of carbonyl (C=O) groups is 2. The van der Waals surface area contributed by atoms with Crippen LogP contribution in [0.25, 0.3) is 10.9 Å². The molecule has 1 aliphatic heterocycles. The molecule has 4 rings (SSSR count). The number of hydrogen-bond donors (Lipinski definition) is 4. The summed E-state index contributed by atoms with van der Waals surface area (Å²) in [5.41, 5.74) is 8.61. The predicted molar refractivity (Wildman–Crippen MR) is 135 cm³/mol. The summed E-state index contributed by atoms with van der Waals surface area (Å²) in [7, 11) is 0. The highest BCUT2D eigenvalue weighted by Gasteiger charge is 2.30. The average molecular weight is 501 g/mol. The minimum Gasteiger partial charge on any atom is -0.466 e. The van der Waals surface area contributed by atoms with E-state index in [-0.39, 0.29) is 29.1 Å². The van der Waals surface area contributed by atoms with Crippen molar-refractivity contribution in [3.05, 3.63) is 28.4 Å². The number of nitrogens with one attached hydrogen (secondary N) is 3. The summed E-state index contributed by atoms with van der Waals surface area (Å²) < 4.78 is 5.21. The Labute approximate surface area is 207 Å². The SMILES string of the molecule is CC=Nc1n[nH]c(N)c1C(=O)NC(C)c1cc(Cl)c2cn[nH]c2c1N1CCC(C(=O)OCC)CC1. The molecule has 0 saturated carbocycles. The first-order valence-electron chi connectivity index (χ1n) is 11.6. The monoisotopic (exact) mass is 500 g/mol. The molecular weight excluding hydrogens is 472 g/mol. The van der Waals surface area contributed by atoms with Crippen molar-refractivity contribution in [2.75, 3.05) is 30.3 Å². The van der Waals surface area contributed by atoms with Crippen LogP contribution in [0.2, 0.25) is 5.02 Å². The van der Waals surface area contributed by atoms with Crippen molar-refractivity contribution in [1.29, 1.82) is 0 Å². The lowest BCUT2D eigenvalue weighted by Gasteiger charge is -2.35. The van der Waals surface area contributed by atoms with E-state index in [9.17, 15) is 9.59 Å². The Bertz CT molecular complexity index is 1260. The van der Waals surface area contributed by atoms with Gasteiger partial charge in [0.25, 0.3) is 5.91 Å². The smallest absolute Gasteiger partial charge is 0.309 e. The van der Waals surface area contributed by atoms with Gasteiger partial charge < -0.3 is 20.7 Å². The number of esters is 1. The summed E-state index contributed by atoms with van der Waals surface area (Å²) in [6.07, 6.45) is 4.56. The molecule has 0 spiro atoms. The van der Waals surface area contributed by atoms with E-state index < -0.39 is 11.9 Å². The second-order valence-electron chi connectivity index (χ2n) is 8.39. The van der Waals surface area contributed by atoms with Crippen LogP contribution in [0, 0.1) is 5.92 Å². The van der Waals surface area contributed by atoms with Crippen molar-refractivity contribution < 1.29 is 14.3 Å². The van der Waals surface area contributed by atoms with Crippen LogP contribution in [0.1, 0.15) is 55.6 Å². The summed E-state index contributed by atoms with van der Waals surface area (Å²) in [6, 6.07) is 1.42. The van der Waals surface area contributed by atoms with Gasteiger partial charge in [-0.05, 0) is 39.7 Å². The Morgan fingerprint density at radius 2 is 2.14 bits per heavy atom. The van der Waals surface area contributed by atoms with E-state index in [1.165, 1.54) is 0 Å². The van der Waals surface area contributed by atoms with Gasteiger partial charge in [-0.25, -0.2) is 4.99 Å². The minimum atomic E-state index is -0.432. The number of rotatable bonds is 7. The maximum absolute atomic E-state index is 13.1. The molecule has 3 aromatic rings. The summed E-state index contributed by atoms with van der Waals surface area (Å²) in [5.74, 6) is -0.328. The van der Waals surface area contributed by atoms with Gasteiger partial charge in [0, 0.05) is 30.3 Å². The fourth-order valence-corrected chi connectivity index (χ4v) is 4.74. The van der Waals surface area contributed by atoms with Gasteiger partial charge in [-0.1, -0.05) is 11.6 Å². The van der Waals surface area contributed by atoms with Gasteiger partial charge in [-0.15, -0.1) is 0 Å². The van der Waals surface area contributed by atoms with Crippen LogP contribution in [-0.4, -0.2) is 58.2 Å². The standard InChI is InChI=1S/C23H29ClN8O3/c1-4-26-21-17(20(25)30-31-21)22(33)28-12(3)14-10-16(24)15-11-27-29-18(15)19(14)32-8-6-13(7-9-32)23(34)35-5-2/h4,10-13H,5-9H2,1-3H3,(H,27,29)(H,28,33)(H3,25,30,31). The van der Waals surface area contributed by atoms with Gasteiger partial charge in [-0.2, -0.15) is 10.2 Å². The highest BCUT2D eigenvalue weighted by Crippen LogP contribution is 2.39. The predicted octanol–water partition coefficient (Wildman–Crippen LogP) is 3.51. The fraction of sp³-hybridized carbons (Fsp3) is 0.435. The van der Waals surface area contributed by atoms with E-state index in [1.807, 2.05) is 19.9 Å². The van der Waals surface area contributed by atoms with Gasteiger partial charge in [-0.3, -0.25) is 19.8 Å². The number of carbonyl (C=O) groups excluding carboxylic acids is 2. The quantitative estimate of drug-likeness (QED) is 0.286. The fourth-order valence-electron chi connectivity index (χ4n) is 4.48. The number of aromatic nitrogens is 4. The average Bonchev–Trinajstić information content (AvgIpc) is 3.47. The lowest BCUT2D eigenvalue weighted by Crippen LogP contribution is -2.38. The zero-order chi connectivity index (χ0) is 25.1. The van der Waals surface area contributed by atoms with Crippen LogP contribution >= 0.6 is 11.6 Å². The van der Waals surface area contributed by atoms with E-state index in [4.69, 9.17) is 22.1 Å². The molecule has 0 bridgehead atoms. The largest absolute Gasteiger partial charge is 0.466 e. The molecule has 0 aliphatic carbocycles. The molecule has 1 amide bonds. The number of hydrogen-bond acceptors (Lipinski definition) is 8. The molecule has 1 fully saturated rings. The Hall–Kier alpha value is -3.60. The third-order valence-electron chi connectivity index (χ3n) is 6.19. The lowest BCUT2D eigenvalue weighted by atomic mass is 9.94. The van der Waals surface area contributed by atoms with Crippen LogP contribution in [0.15, 0.2) is 17.3 Å². The normalized spacial score (nSPS) is 15.6. The van der Waals surface area contributed by atoms with Crippen molar-refractivity contribution in [3.8, 4) is 0 Å². The number of halogens is 1. The molecular formula is C23H29ClN8O3. The number of nitrogens with two attached hydrogens (primary N) is 1. The number of anilines is 2. The lowest BCUT2D eigenvalue weighted by molar-refractivity contribution is -0.148. The molecule has 3 heterocycles. The van der Waals surface area contributed by atoms with Crippen LogP contribution in [-0.2, 0) is 9.53 Å². The molecule has 12 heteroatoms. The van der Waals surface area contributed by atoms with Crippen molar-refractivity contribution in [3.63, 3.8) is 0 Å². The molecule has 1 unspecified atom stereocenters. The summed E-state index contributed by atoms with van der Waals surface area (Å²) in [4.78, 5) is 31.7. The number of ether oxygens (including phenoxy) is 1. The topological polar surface area (TPSA) is 154 Å². The van der Waals surface area contributed by atoms with Gasteiger partial charge in [0.05, 0.1) is 41.0 Å². The highest BCUT2D eigenvalue weighted by atomic mass is 35.5. The number of nitrogen functional groups attached to an aromatic ring is 1. The van der Waals surface area contributed by atoms with Crippen molar-refractivity contribution in [1.82, 2.24) is 25.7 Å². The number of nitrogens with zero attached hydrogens (tertiary/aromatic N) is 4. The molecule has 1 saturated heterocycles. The number of benzene rings is 1. The maximum atomic E-state index is 13.1. The number of aliphatic imine (C=N–C) groups is 1. The molecule has 2 aromatic heterocycles. The van der Waals surface area contributed by atoms with Crippen molar-refractivity contribution in [2.24, 2.45) is 10.9 Å². The number of piperidine rings is 1. The van der Waals surface area contributed by atoms with Crippen LogP contribution in [0.4, 0.5) is 17.3 Å². The van der Waals surface area contributed by atoms with Gasteiger partial charge in [0.2, 0.25) is 0 Å². The number of H-pyrrole nitrogens is 2. The van der Waals surface area contributed by atoms with E-state index in [1.54, 1.807) is 19.3 Å². The van der Waals surface area contributed by atoms with Crippen LogP contribution in [0.3, 0.4) is 0 Å². The zero-order valence-electron chi connectivity index (χ0n) is 19.9. The Morgan fingerprint density at radius 3 is 2.83 bits per heavy atom. The summed E-state index contributed by atoms with van der Waals surface area (Å²) >= 11 is 6.58. The Balaban J connectivity index is 1.64. The molecule has 11 nitrogen and oxygen atoms in total. The van der Waals surface area contributed by atoms with E-state index >= 15 is 0 Å². The van der Waals surface area contributed by atoms with E-state index in [2.05, 4.69) is 35.6 Å². The molecule has 1 atom stereocenters. The molecule has 35 heavy (non-hydrogen) atoms. The second kappa shape index (κ2) is 10.3. The van der Waals surface area contributed by atoms with E-state index in [0.29, 0.717) is 37.6 Å². The highest BCUT2D eigenvalue weighted by molar-refractivity contribution is 6.36. The maximum Gasteiger partial charge on any atom is 0.309 e. The molecule has 1 aromatic carbocycles. The third kappa shape index (κ3) is 4.81. The summed E-state index contributed by atoms with van der Waals surface area (Å²) in [5, 5.41) is 18.1. The number of fused-ring (bicyclic) bond motifs is 1. The number of amides is 1. The van der Waals surface area contributed by atoms with Gasteiger partial charge in [0.1, 0.15) is 11.4 Å². The Kier molecular flexibility index (Phi) is 7.25. The second-order valence-corrected chi connectivity index (χ2v) is 8.79. The van der Waals surface area contributed by atoms with Crippen molar-refractivity contribution >= 4 is 57.9 Å². The molecule has 186 valence electrons. The number of aromatic amines is 2. The third-order valence-corrected chi connectivity index (χ3v) is 6.50. The molecule has 0 radical (unpaired) electrons. The van der Waals surface area contributed by atoms with Crippen LogP contribution in [0.5, 0.6) is 0 Å². The molecule has 1 aliphatic rings. The minimum absolute atomic E-state index is 0.127. The first-order valence-corrected chi connectivity index (χ1v) is 11.9. The first kappa shape index (κ1) is 24.5. The first-order chi connectivity index (χ1) is 16.8. The van der Waals surface area contributed by atoms with Gasteiger partial charge >= 0.3 is 5.97 Å². The van der Waals surface area contributed by atoms with Gasteiger partial charge in [0.15, 0.2) is 5.82 Å². The van der Waals surface area contributed by atoms with Crippen molar-refractivity contribution in [2.45, 2.75) is 39.7 Å². The molecule has 5 N–H and O–H groups in total. The van der Waals surface area contributed by atoms with E-state index in [0.717, 1.165) is 22.2 Å².